The van der Waals surface area contributed by atoms with E-state index in [0.29, 0.717) is 36.9 Å². The van der Waals surface area contributed by atoms with Crippen LogP contribution in [0.25, 0.3) is 0 Å². The van der Waals surface area contributed by atoms with E-state index in [1.54, 1.807) is 7.11 Å². The van der Waals surface area contributed by atoms with Gasteiger partial charge >= 0.3 is 6.03 Å². The van der Waals surface area contributed by atoms with Crippen LogP contribution in [0, 0.1) is 0 Å². The van der Waals surface area contributed by atoms with Crippen LogP contribution in [0.15, 0.2) is 42.5 Å². The Morgan fingerprint density at radius 2 is 1.58 bits per heavy atom. The van der Waals surface area contributed by atoms with E-state index >= 15 is 0 Å². The zero-order valence-electron chi connectivity index (χ0n) is 15.2. The van der Waals surface area contributed by atoms with E-state index in [1.807, 2.05) is 49.4 Å². The second kappa shape index (κ2) is 10.6. The highest BCUT2D eigenvalue weighted by molar-refractivity contribution is 6.30. The molecule has 0 aliphatic rings. The van der Waals surface area contributed by atoms with Crippen LogP contribution in [0.1, 0.15) is 18.1 Å². The lowest BCUT2D eigenvalue weighted by molar-refractivity contribution is 0.241. The summed E-state index contributed by atoms with van der Waals surface area (Å²) in [7, 11) is 1.62. The third kappa shape index (κ3) is 6.48. The van der Waals surface area contributed by atoms with Gasteiger partial charge in [0.05, 0.1) is 13.7 Å². The average Bonchev–Trinajstić information content (AvgIpc) is 2.64. The van der Waals surface area contributed by atoms with Gasteiger partial charge in [-0.05, 0) is 55.2 Å². The molecule has 26 heavy (non-hydrogen) atoms. The van der Waals surface area contributed by atoms with E-state index in [9.17, 15) is 4.79 Å². The van der Waals surface area contributed by atoms with Crippen LogP contribution in [0.2, 0.25) is 5.02 Å². The summed E-state index contributed by atoms with van der Waals surface area (Å²) >= 11 is 5.85. The molecule has 0 saturated heterocycles. The fourth-order valence-electron chi connectivity index (χ4n) is 2.50. The molecule has 2 rings (SSSR count). The number of rotatable bonds is 9. The topological polar surface area (TPSA) is 59.6 Å². The third-order valence-electron chi connectivity index (χ3n) is 3.84. The van der Waals surface area contributed by atoms with Crippen molar-refractivity contribution in [1.82, 2.24) is 10.6 Å². The second-order valence-electron chi connectivity index (χ2n) is 5.73. The molecule has 2 N–H and O–H groups in total. The Hall–Kier alpha value is -2.40. The number of carbonyl (C=O) groups excluding carboxylic acids is 1. The molecule has 0 saturated carbocycles. The van der Waals surface area contributed by atoms with Gasteiger partial charge < -0.3 is 20.1 Å². The number of carbonyl (C=O) groups is 1. The lowest BCUT2D eigenvalue weighted by Crippen LogP contribution is -2.37. The van der Waals surface area contributed by atoms with Gasteiger partial charge in [-0.1, -0.05) is 29.8 Å². The summed E-state index contributed by atoms with van der Waals surface area (Å²) in [4.78, 5) is 11.9. The Morgan fingerprint density at radius 3 is 2.19 bits per heavy atom. The molecule has 2 amide bonds. The minimum absolute atomic E-state index is 0.170. The number of methoxy groups -OCH3 is 1. The predicted octanol–water partition coefficient (Wildman–Crippen LogP) is 3.83. The summed E-state index contributed by atoms with van der Waals surface area (Å²) < 4.78 is 10.8. The molecule has 0 atom stereocenters. The fraction of sp³-hybridized carbons (Fsp3) is 0.350. The normalized spacial score (nSPS) is 10.3. The summed E-state index contributed by atoms with van der Waals surface area (Å²) in [6.45, 7) is 3.64. The molecule has 0 aromatic heterocycles. The molecule has 0 bridgehead atoms. The van der Waals surface area contributed by atoms with E-state index in [-0.39, 0.29) is 6.03 Å². The van der Waals surface area contributed by atoms with Gasteiger partial charge in [-0.3, -0.25) is 0 Å². The molecule has 5 nitrogen and oxygen atoms in total. The molecular weight excluding hydrogens is 352 g/mol. The van der Waals surface area contributed by atoms with E-state index in [1.165, 1.54) is 0 Å². The van der Waals surface area contributed by atoms with Crippen LogP contribution in [-0.4, -0.2) is 32.8 Å². The molecule has 140 valence electrons. The van der Waals surface area contributed by atoms with Crippen LogP contribution in [0.3, 0.4) is 0 Å². The fourth-order valence-corrected chi connectivity index (χ4v) is 2.62. The number of hydrogen-bond acceptors (Lipinski definition) is 3. The molecule has 0 radical (unpaired) electrons. The monoisotopic (exact) mass is 376 g/mol. The Morgan fingerprint density at radius 1 is 0.962 bits per heavy atom. The van der Waals surface area contributed by atoms with Gasteiger partial charge in [0.2, 0.25) is 0 Å². The Bertz CT molecular complexity index is 705. The minimum atomic E-state index is -0.170. The van der Waals surface area contributed by atoms with Crippen molar-refractivity contribution in [2.75, 3.05) is 26.8 Å². The van der Waals surface area contributed by atoms with Crippen LogP contribution >= 0.6 is 11.6 Å². The van der Waals surface area contributed by atoms with Gasteiger partial charge in [0.15, 0.2) is 11.5 Å². The zero-order chi connectivity index (χ0) is 18.8. The number of urea groups is 1. The molecule has 2 aromatic carbocycles. The van der Waals surface area contributed by atoms with E-state index < -0.39 is 0 Å². The van der Waals surface area contributed by atoms with Crippen LogP contribution in [-0.2, 0) is 12.8 Å². The molecule has 0 spiro atoms. The highest BCUT2D eigenvalue weighted by Gasteiger charge is 2.06. The molecule has 2 aromatic rings. The predicted molar refractivity (Wildman–Crippen MR) is 104 cm³/mol. The molecule has 6 heteroatoms. The number of halogens is 1. The first kappa shape index (κ1) is 19.9. The standard InChI is InChI=1S/C20H25ClN2O3/c1-3-26-18-9-6-16(14-19(18)25-2)11-13-23-20(24)22-12-10-15-4-7-17(21)8-5-15/h4-9,14H,3,10-13H2,1-2H3,(H2,22,23,24). The number of nitrogens with one attached hydrogen (secondary N) is 2. The van der Waals surface area contributed by atoms with Crippen molar-refractivity contribution in [3.05, 3.63) is 58.6 Å². The molecule has 0 aliphatic heterocycles. The van der Waals surface area contributed by atoms with Crippen LogP contribution in [0.4, 0.5) is 4.79 Å². The summed E-state index contributed by atoms with van der Waals surface area (Å²) in [6, 6.07) is 13.3. The average molecular weight is 377 g/mol. The smallest absolute Gasteiger partial charge is 0.314 e. The van der Waals surface area contributed by atoms with E-state index in [2.05, 4.69) is 10.6 Å². The SMILES string of the molecule is CCOc1ccc(CCNC(=O)NCCc2ccc(Cl)cc2)cc1OC. The molecule has 0 unspecified atom stereocenters. The maximum atomic E-state index is 11.9. The van der Waals surface area contributed by atoms with Gasteiger partial charge in [-0.2, -0.15) is 0 Å². The molecular formula is C20H25ClN2O3. The number of ether oxygens (including phenoxy) is 2. The maximum Gasteiger partial charge on any atom is 0.314 e. The molecule has 0 heterocycles. The minimum Gasteiger partial charge on any atom is -0.493 e. The highest BCUT2D eigenvalue weighted by Crippen LogP contribution is 2.28. The van der Waals surface area contributed by atoms with Gasteiger partial charge in [-0.15, -0.1) is 0 Å². The lowest BCUT2D eigenvalue weighted by atomic mass is 10.1. The van der Waals surface area contributed by atoms with Crippen molar-refractivity contribution in [1.29, 1.82) is 0 Å². The van der Waals surface area contributed by atoms with Crippen molar-refractivity contribution in [2.45, 2.75) is 19.8 Å². The van der Waals surface area contributed by atoms with E-state index in [0.717, 1.165) is 23.3 Å². The molecule has 0 fully saturated rings. The van der Waals surface area contributed by atoms with Crippen LogP contribution < -0.4 is 20.1 Å². The summed E-state index contributed by atoms with van der Waals surface area (Å²) in [5, 5.41) is 6.43. The number of benzene rings is 2. The summed E-state index contributed by atoms with van der Waals surface area (Å²) in [6.07, 6.45) is 1.48. The Balaban J connectivity index is 1.70. The zero-order valence-corrected chi connectivity index (χ0v) is 15.9. The van der Waals surface area contributed by atoms with Gasteiger partial charge in [0.25, 0.3) is 0 Å². The first-order valence-corrected chi connectivity index (χ1v) is 9.06. The second-order valence-corrected chi connectivity index (χ2v) is 6.16. The largest absolute Gasteiger partial charge is 0.493 e. The van der Waals surface area contributed by atoms with Gasteiger partial charge in [-0.25, -0.2) is 4.79 Å². The van der Waals surface area contributed by atoms with Gasteiger partial charge in [0.1, 0.15) is 0 Å². The Labute approximate surface area is 159 Å². The number of hydrogen-bond donors (Lipinski definition) is 2. The first-order chi connectivity index (χ1) is 12.6. The summed E-state index contributed by atoms with van der Waals surface area (Å²) in [5.41, 5.74) is 2.21. The van der Waals surface area contributed by atoms with Gasteiger partial charge in [0, 0.05) is 18.1 Å². The van der Waals surface area contributed by atoms with Crippen molar-refractivity contribution in [2.24, 2.45) is 0 Å². The number of amides is 2. The van der Waals surface area contributed by atoms with Crippen molar-refractivity contribution >= 4 is 17.6 Å². The Kier molecular flexibility index (Phi) is 8.09. The van der Waals surface area contributed by atoms with Crippen LogP contribution in [0.5, 0.6) is 11.5 Å². The quantitative estimate of drug-likeness (QED) is 0.699. The highest BCUT2D eigenvalue weighted by atomic mass is 35.5. The van der Waals surface area contributed by atoms with Crippen molar-refractivity contribution < 1.29 is 14.3 Å². The first-order valence-electron chi connectivity index (χ1n) is 8.68. The maximum absolute atomic E-state index is 11.9. The third-order valence-corrected chi connectivity index (χ3v) is 4.09. The summed E-state index contributed by atoms with van der Waals surface area (Å²) in [5.74, 6) is 1.43. The van der Waals surface area contributed by atoms with E-state index in [4.69, 9.17) is 21.1 Å². The lowest BCUT2D eigenvalue weighted by Gasteiger charge is -2.11. The molecule has 0 aliphatic carbocycles. The van der Waals surface area contributed by atoms with Crippen molar-refractivity contribution in [3.63, 3.8) is 0 Å². The van der Waals surface area contributed by atoms with Crippen molar-refractivity contribution in [3.8, 4) is 11.5 Å².